The number of unbranched alkanes of at least 4 members (excludes halogenated alkanes) is 13. The number of hydrogen-bond acceptors (Lipinski definition) is 0. The van der Waals surface area contributed by atoms with Crippen LogP contribution in [0.2, 0.25) is 0 Å². The molecule has 0 aromatic carbocycles. The summed E-state index contributed by atoms with van der Waals surface area (Å²) in [7, 11) is 0. The van der Waals surface area contributed by atoms with Gasteiger partial charge < -0.3 is 0 Å². The molecule has 0 aromatic rings. The van der Waals surface area contributed by atoms with Gasteiger partial charge in [0.25, 0.3) is 0 Å². The molecule has 0 rings (SSSR count). The van der Waals surface area contributed by atoms with Gasteiger partial charge in [0.1, 0.15) is 0 Å². The summed E-state index contributed by atoms with van der Waals surface area (Å²) in [6.45, 7) is 12.0. The minimum absolute atomic E-state index is 0.927. The minimum Gasteiger partial charge on any atom is -0.0654 e. The molecule has 0 saturated heterocycles. The van der Waals surface area contributed by atoms with E-state index in [0.717, 1.165) is 17.8 Å². The quantitative estimate of drug-likeness (QED) is 0.174. The third-order valence-corrected chi connectivity index (χ3v) is 7.04. The molecule has 0 radical (unpaired) electrons. The second-order valence-corrected chi connectivity index (χ2v) is 9.78. The van der Waals surface area contributed by atoms with Gasteiger partial charge in [0, 0.05) is 0 Å². The van der Waals surface area contributed by atoms with Gasteiger partial charge in [-0.05, 0) is 17.8 Å². The zero-order valence-electron chi connectivity index (χ0n) is 20.2. The Balaban J connectivity index is 3.29. The zero-order chi connectivity index (χ0) is 20.2. The lowest BCUT2D eigenvalue weighted by molar-refractivity contribution is 0.314. The Hall–Kier alpha value is 0. The van der Waals surface area contributed by atoms with E-state index in [-0.39, 0.29) is 0 Å². The van der Waals surface area contributed by atoms with Crippen molar-refractivity contribution in [2.24, 2.45) is 17.8 Å². The van der Waals surface area contributed by atoms with Crippen molar-refractivity contribution >= 4 is 0 Å². The van der Waals surface area contributed by atoms with Crippen LogP contribution < -0.4 is 0 Å². The van der Waals surface area contributed by atoms with Gasteiger partial charge in [-0.2, -0.15) is 0 Å². The average Bonchev–Trinajstić information content (AvgIpc) is 2.67. The van der Waals surface area contributed by atoms with Gasteiger partial charge in [0.2, 0.25) is 0 Å². The second-order valence-electron chi connectivity index (χ2n) is 9.78. The van der Waals surface area contributed by atoms with Crippen LogP contribution in [0.15, 0.2) is 0 Å². The normalized spacial score (nSPS) is 15.0. The van der Waals surface area contributed by atoms with Crippen LogP contribution in [0.4, 0.5) is 0 Å². The summed E-state index contributed by atoms with van der Waals surface area (Å²) in [6.07, 6.45) is 27.7. The van der Waals surface area contributed by atoms with Crippen LogP contribution >= 0.6 is 0 Å². The van der Waals surface area contributed by atoms with Crippen LogP contribution in [-0.2, 0) is 0 Å². The van der Waals surface area contributed by atoms with Gasteiger partial charge in [0.05, 0.1) is 0 Å². The van der Waals surface area contributed by atoms with E-state index in [4.69, 9.17) is 0 Å². The Morgan fingerprint density at radius 2 is 0.778 bits per heavy atom. The molecule has 0 amide bonds. The molecule has 0 aliphatic carbocycles. The third kappa shape index (κ3) is 19.1. The molecule has 0 saturated carbocycles. The monoisotopic (exact) mass is 380 g/mol. The summed E-state index contributed by atoms with van der Waals surface area (Å²) in [5, 5.41) is 0. The Morgan fingerprint density at radius 1 is 0.407 bits per heavy atom. The first kappa shape index (κ1) is 27.0. The standard InChI is InChI=1S/C27H56/c1-6-8-9-10-11-12-13-14-15-16-17-18-19-20-23-26(4)27(5)24-21-22-25(3)7-2/h25-27H,6-24H2,1-5H3. The summed E-state index contributed by atoms with van der Waals surface area (Å²) in [5.74, 6) is 2.79. The Kier molecular flexibility index (Phi) is 20.7. The molecule has 0 aromatic heterocycles. The van der Waals surface area contributed by atoms with Crippen LogP contribution in [0, 0.1) is 17.8 Å². The predicted molar refractivity (Wildman–Crippen MR) is 127 cm³/mol. The van der Waals surface area contributed by atoms with E-state index in [1.165, 1.54) is 122 Å². The molecule has 164 valence electrons. The Bertz CT molecular complexity index is 269. The zero-order valence-corrected chi connectivity index (χ0v) is 20.2. The first-order valence-corrected chi connectivity index (χ1v) is 13.1. The fourth-order valence-electron chi connectivity index (χ4n) is 4.22. The molecule has 0 spiro atoms. The molecule has 0 heterocycles. The average molecular weight is 381 g/mol. The largest absolute Gasteiger partial charge is 0.0654 e. The van der Waals surface area contributed by atoms with Crippen molar-refractivity contribution in [3.05, 3.63) is 0 Å². The van der Waals surface area contributed by atoms with Gasteiger partial charge in [-0.25, -0.2) is 0 Å². The molecule has 3 atom stereocenters. The summed E-state index contributed by atoms with van der Waals surface area (Å²) < 4.78 is 0. The third-order valence-electron chi connectivity index (χ3n) is 7.04. The van der Waals surface area contributed by atoms with E-state index < -0.39 is 0 Å². The summed E-state index contributed by atoms with van der Waals surface area (Å²) >= 11 is 0. The van der Waals surface area contributed by atoms with Crippen LogP contribution in [-0.4, -0.2) is 0 Å². The highest BCUT2D eigenvalue weighted by Crippen LogP contribution is 2.25. The molecule has 0 bridgehead atoms. The smallest absolute Gasteiger partial charge is 0.0417 e. The first-order chi connectivity index (χ1) is 13.1. The highest BCUT2D eigenvalue weighted by Gasteiger charge is 2.12. The molecule has 0 heteroatoms. The highest BCUT2D eigenvalue weighted by atomic mass is 14.2. The van der Waals surface area contributed by atoms with Crippen LogP contribution in [0.1, 0.15) is 157 Å². The molecule has 27 heavy (non-hydrogen) atoms. The molecule has 0 fully saturated rings. The van der Waals surface area contributed by atoms with Gasteiger partial charge in [-0.3, -0.25) is 0 Å². The van der Waals surface area contributed by atoms with E-state index in [0.29, 0.717) is 0 Å². The van der Waals surface area contributed by atoms with E-state index in [9.17, 15) is 0 Å². The summed E-state index contributed by atoms with van der Waals surface area (Å²) in [4.78, 5) is 0. The van der Waals surface area contributed by atoms with Gasteiger partial charge >= 0.3 is 0 Å². The number of rotatable bonds is 21. The topological polar surface area (TPSA) is 0 Å². The molecule has 3 unspecified atom stereocenters. The van der Waals surface area contributed by atoms with E-state index >= 15 is 0 Å². The lowest BCUT2D eigenvalue weighted by atomic mass is 9.86. The van der Waals surface area contributed by atoms with Crippen molar-refractivity contribution in [1.29, 1.82) is 0 Å². The number of hydrogen-bond donors (Lipinski definition) is 0. The van der Waals surface area contributed by atoms with Crippen molar-refractivity contribution in [2.75, 3.05) is 0 Å². The maximum absolute atomic E-state index is 2.50. The van der Waals surface area contributed by atoms with Gasteiger partial charge in [0.15, 0.2) is 0 Å². The fourth-order valence-corrected chi connectivity index (χ4v) is 4.22. The summed E-state index contributed by atoms with van der Waals surface area (Å²) in [5.41, 5.74) is 0. The highest BCUT2D eigenvalue weighted by molar-refractivity contribution is 4.64. The minimum atomic E-state index is 0.927. The maximum atomic E-state index is 2.50. The SMILES string of the molecule is CCCCCCCCCCCCCCCCC(C)C(C)CCCC(C)CC. The lowest BCUT2D eigenvalue weighted by Gasteiger charge is -2.20. The van der Waals surface area contributed by atoms with Crippen molar-refractivity contribution in [3.8, 4) is 0 Å². The molecule has 0 aliphatic rings. The predicted octanol–water partition coefficient (Wildman–Crippen LogP) is 10.3. The van der Waals surface area contributed by atoms with Crippen molar-refractivity contribution in [2.45, 2.75) is 157 Å². The Labute approximate surface area is 174 Å². The lowest BCUT2D eigenvalue weighted by Crippen LogP contribution is -2.08. The molecular weight excluding hydrogens is 324 g/mol. The van der Waals surface area contributed by atoms with E-state index in [2.05, 4.69) is 34.6 Å². The Morgan fingerprint density at radius 3 is 1.19 bits per heavy atom. The van der Waals surface area contributed by atoms with Crippen molar-refractivity contribution < 1.29 is 0 Å². The van der Waals surface area contributed by atoms with Gasteiger partial charge in [-0.15, -0.1) is 0 Å². The first-order valence-electron chi connectivity index (χ1n) is 13.1. The van der Waals surface area contributed by atoms with Crippen molar-refractivity contribution in [3.63, 3.8) is 0 Å². The molecule has 0 nitrogen and oxygen atoms in total. The van der Waals surface area contributed by atoms with Crippen LogP contribution in [0.25, 0.3) is 0 Å². The fraction of sp³-hybridized carbons (Fsp3) is 1.00. The van der Waals surface area contributed by atoms with E-state index in [1.54, 1.807) is 0 Å². The molecule has 0 N–H and O–H groups in total. The van der Waals surface area contributed by atoms with Gasteiger partial charge in [-0.1, -0.05) is 157 Å². The van der Waals surface area contributed by atoms with Crippen molar-refractivity contribution in [1.82, 2.24) is 0 Å². The second kappa shape index (κ2) is 20.7. The summed E-state index contributed by atoms with van der Waals surface area (Å²) in [6, 6.07) is 0. The maximum Gasteiger partial charge on any atom is -0.0417 e. The van der Waals surface area contributed by atoms with Crippen LogP contribution in [0.3, 0.4) is 0 Å². The molecular formula is C27H56. The molecule has 0 aliphatic heterocycles. The van der Waals surface area contributed by atoms with E-state index in [1.807, 2.05) is 0 Å². The van der Waals surface area contributed by atoms with Crippen LogP contribution in [0.5, 0.6) is 0 Å².